The van der Waals surface area contributed by atoms with Gasteiger partial charge in [0.1, 0.15) is 5.82 Å². The molecule has 1 rings (SSSR count). The summed E-state index contributed by atoms with van der Waals surface area (Å²) in [6.07, 6.45) is 0.422. The van der Waals surface area contributed by atoms with Crippen LogP contribution in [0.15, 0.2) is 0 Å². The van der Waals surface area contributed by atoms with Crippen molar-refractivity contribution >= 4 is 17.4 Å². The molecular formula is C12H23N5O. The molecule has 6 nitrogen and oxygen atoms in total. The SMILES string of the molecule is CCn1nc(C)c(N)c1NCCC(=O)NC(C)C. The van der Waals surface area contributed by atoms with E-state index in [-0.39, 0.29) is 11.9 Å². The van der Waals surface area contributed by atoms with Crippen molar-refractivity contribution in [3.05, 3.63) is 5.69 Å². The van der Waals surface area contributed by atoms with Gasteiger partial charge in [-0.25, -0.2) is 4.68 Å². The summed E-state index contributed by atoms with van der Waals surface area (Å²) in [5.41, 5.74) is 7.40. The van der Waals surface area contributed by atoms with Gasteiger partial charge in [-0.15, -0.1) is 0 Å². The summed E-state index contributed by atoms with van der Waals surface area (Å²) in [7, 11) is 0. The van der Waals surface area contributed by atoms with E-state index in [9.17, 15) is 4.79 Å². The fraction of sp³-hybridized carbons (Fsp3) is 0.667. The zero-order valence-electron chi connectivity index (χ0n) is 11.6. The number of nitrogens with two attached hydrogens (primary N) is 1. The van der Waals surface area contributed by atoms with E-state index < -0.39 is 0 Å². The van der Waals surface area contributed by atoms with Gasteiger partial charge in [0.25, 0.3) is 0 Å². The van der Waals surface area contributed by atoms with Crippen LogP contribution in [0, 0.1) is 6.92 Å². The lowest BCUT2D eigenvalue weighted by atomic mass is 10.3. The Labute approximate surface area is 108 Å². The Morgan fingerprint density at radius 3 is 2.72 bits per heavy atom. The first-order chi connectivity index (χ1) is 8.45. The third kappa shape index (κ3) is 3.65. The lowest BCUT2D eigenvalue weighted by molar-refractivity contribution is -0.121. The molecule has 0 saturated carbocycles. The molecule has 18 heavy (non-hydrogen) atoms. The highest BCUT2D eigenvalue weighted by molar-refractivity contribution is 5.77. The summed E-state index contributed by atoms with van der Waals surface area (Å²) in [4.78, 5) is 11.5. The summed E-state index contributed by atoms with van der Waals surface area (Å²) in [6, 6.07) is 0.172. The van der Waals surface area contributed by atoms with Crippen LogP contribution in [-0.4, -0.2) is 28.3 Å². The predicted octanol–water partition coefficient (Wildman–Crippen LogP) is 1.12. The second-order valence-corrected chi connectivity index (χ2v) is 4.56. The molecule has 0 aromatic carbocycles. The molecule has 1 aromatic rings. The molecule has 0 unspecified atom stereocenters. The van der Waals surface area contributed by atoms with Crippen LogP contribution < -0.4 is 16.4 Å². The highest BCUT2D eigenvalue weighted by Gasteiger charge is 2.11. The number of nitrogen functional groups attached to an aromatic ring is 1. The summed E-state index contributed by atoms with van der Waals surface area (Å²) in [5.74, 6) is 0.836. The maximum Gasteiger partial charge on any atom is 0.221 e. The number of rotatable bonds is 6. The monoisotopic (exact) mass is 253 g/mol. The Hall–Kier alpha value is -1.72. The van der Waals surface area contributed by atoms with Crippen LogP contribution in [0.4, 0.5) is 11.5 Å². The van der Waals surface area contributed by atoms with Crippen molar-refractivity contribution in [3.63, 3.8) is 0 Å². The first-order valence-electron chi connectivity index (χ1n) is 6.31. The van der Waals surface area contributed by atoms with Gasteiger partial charge < -0.3 is 16.4 Å². The van der Waals surface area contributed by atoms with E-state index in [4.69, 9.17) is 5.73 Å². The van der Waals surface area contributed by atoms with Gasteiger partial charge in [-0.05, 0) is 27.7 Å². The van der Waals surface area contributed by atoms with Gasteiger partial charge in [-0.3, -0.25) is 4.79 Å². The number of amides is 1. The van der Waals surface area contributed by atoms with E-state index in [0.29, 0.717) is 18.7 Å². The van der Waals surface area contributed by atoms with E-state index in [1.54, 1.807) is 0 Å². The third-order valence-corrected chi connectivity index (χ3v) is 2.57. The van der Waals surface area contributed by atoms with Gasteiger partial charge >= 0.3 is 0 Å². The largest absolute Gasteiger partial charge is 0.394 e. The van der Waals surface area contributed by atoms with Crippen molar-refractivity contribution in [2.45, 2.75) is 46.7 Å². The third-order valence-electron chi connectivity index (χ3n) is 2.57. The average Bonchev–Trinajstić information content (AvgIpc) is 2.55. The maximum absolute atomic E-state index is 11.5. The molecule has 4 N–H and O–H groups in total. The molecule has 0 radical (unpaired) electrons. The molecule has 0 saturated heterocycles. The van der Waals surface area contributed by atoms with Crippen LogP contribution in [0.25, 0.3) is 0 Å². The lowest BCUT2D eigenvalue weighted by Gasteiger charge is -2.11. The zero-order chi connectivity index (χ0) is 13.7. The number of carbonyl (C=O) groups is 1. The van der Waals surface area contributed by atoms with Crippen molar-refractivity contribution in [2.24, 2.45) is 0 Å². The van der Waals surface area contributed by atoms with Crippen molar-refractivity contribution < 1.29 is 4.79 Å². The van der Waals surface area contributed by atoms with Crippen molar-refractivity contribution in [1.82, 2.24) is 15.1 Å². The van der Waals surface area contributed by atoms with Crippen LogP contribution in [0.1, 0.15) is 32.9 Å². The normalized spacial score (nSPS) is 10.7. The average molecular weight is 253 g/mol. The van der Waals surface area contributed by atoms with Gasteiger partial charge in [0.15, 0.2) is 0 Å². The van der Waals surface area contributed by atoms with E-state index in [0.717, 1.165) is 18.1 Å². The van der Waals surface area contributed by atoms with E-state index in [1.165, 1.54) is 0 Å². The number of carbonyl (C=O) groups excluding carboxylic acids is 1. The molecule has 0 aliphatic rings. The number of hydrogen-bond acceptors (Lipinski definition) is 4. The Kier molecular flexibility index (Phi) is 5.00. The minimum absolute atomic E-state index is 0.0374. The lowest BCUT2D eigenvalue weighted by Crippen LogP contribution is -2.31. The molecule has 1 heterocycles. The van der Waals surface area contributed by atoms with E-state index in [2.05, 4.69) is 15.7 Å². The van der Waals surface area contributed by atoms with Crippen LogP contribution in [0.2, 0.25) is 0 Å². The topological polar surface area (TPSA) is 85.0 Å². The highest BCUT2D eigenvalue weighted by atomic mass is 16.1. The van der Waals surface area contributed by atoms with Gasteiger partial charge in [0, 0.05) is 25.6 Å². The molecule has 0 aliphatic carbocycles. The fourth-order valence-corrected chi connectivity index (χ4v) is 1.70. The Balaban J connectivity index is 2.51. The first kappa shape index (κ1) is 14.3. The number of hydrogen-bond donors (Lipinski definition) is 3. The van der Waals surface area contributed by atoms with Crippen molar-refractivity contribution in [1.29, 1.82) is 0 Å². The summed E-state index contributed by atoms with van der Waals surface area (Å²) >= 11 is 0. The summed E-state index contributed by atoms with van der Waals surface area (Å²) in [6.45, 7) is 9.06. The predicted molar refractivity (Wildman–Crippen MR) is 73.4 cm³/mol. The number of nitrogens with one attached hydrogen (secondary N) is 2. The molecular weight excluding hydrogens is 230 g/mol. The van der Waals surface area contributed by atoms with Gasteiger partial charge in [0.2, 0.25) is 5.91 Å². The Morgan fingerprint density at radius 2 is 2.17 bits per heavy atom. The standard InChI is InChI=1S/C12H23N5O/c1-5-17-12(11(13)9(4)16-17)14-7-6-10(18)15-8(2)3/h8,14H,5-7,13H2,1-4H3,(H,15,18). The maximum atomic E-state index is 11.5. The zero-order valence-corrected chi connectivity index (χ0v) is 11.6. The van der Waals surface area contributed by atoms with Gasteiger partial charge in [0.05, 0.1) is 11.4 Å². The first-order valence-corrected chi connectivity index (χ1v) is 6.31. The van der Waals surface area contributed by atoms with Gasteiger partial charge in [-0.1, -0.05) is 0 Å². The molecule has 0 spiro atoms. The number of nitrogens with zero attached hydrogens (tertiary/aromatic N) is 2. The molecule has 102 valence electrons. The number of aromatic nitrogens is 2. The molecule has 1 aromatic heterocycles. The molecule has 0 bridgehead atoms. The second kappa shape index (κ2) is 6.28. The van der Waals surface area contributed by atoms with Crippen molar-refractivity contribution in [3.8, 4) is 0 Å². The van der Waals surface area contributed by atoms with E-state index >= 15 is 0 Å². The molecule has 6 heteroatoms. The minimum atomic E-state index is 0.0374. The Bertz CT molecular complexity index is 411. The number of aryl methyl sites for hydroxylation is 2. The Morgan fingerprint density at radius 1 is 1.50 bits per heavy atom. The molecule has 0 fully saturated rings. The van der Waals surface area contributed by atoms with Crippen LogP contribution in [0.3, 0.4) is 0 Å². The summed E-state index contributed by atoms with van der Waals surface area (Å²) in [5, 5.41) is 10.3. The minimum Gasteiger partial charge on any atom is -0.394 e. The molecule has 0 aliphatic heterocycles. The smallest absolute Gasteiger partial charge is 0.221 e. The van der Waals surface area contributed by atoms with E-state index in [1.807, 2.05) is 32.4 Å². The fourth-order valence-electron chi connectivity index (χ4n) is 1.70. The van der Waals surface area contributed by atoms with Crippen molar-refractivity contribution in [2.75, 3.05) is 17.6 Å². The second-order valence-electron chi connectivity index (χ2n) is 4.56. The molecule has 1 amide bonds. The summed E-state index contributed by atoms with van der Waals surface area (Å²) < 4.78 is 1.81. The van der Waals surface area contributed by atoms with Gasteiger partial charge in [-0.2, -0.15) is 5.10 Å². The van der Waals surface area contributed by atoms with Crippen LogP contribution >= 0.6 is 0 Å². The van der Waals surface area contributed by atoms with Crippen LogP contribution in [-0.2, 0) is 11.3 Å². The molecule has 0 atom stereocenters. The quantitative estimate of drug-likeness (QED) is 0.709. The van der Waals surface area contributed by atoms with Crippen LogP contribution in [0.5, 0.6) is 0 Å². The number of anilines is 2. The highest BCUT2D eigenvalue weighted by Crippen LogP contribution is 2.21.